The van der Waals surface area contributed by atoms with Gasteiger partial charge in [-0.15, -0.1) is 0 Å². The summed E-state index contributed by atoms with van der Waals surface area (Å²) in [6.45, 7) is 5.94. The molecule has 0 atom stereocenters. The summed E-state index contributed by atoms with van der Waals surface area (Å²) in [5.74, 6) is 0.0196. The summed E-state index contributed by atoms with van der Waals surface area (Å²) < 4.78 is 26.3. The van der Waals surface area contributed by atoms with E-state index in [0.717, 1.165) is 0 Å². The van der Waals surface area contributed by atoms with Crippen LogP contribution in [0.15, 0.2) is 18.2 Å². The molecule has 1 aromatic rings. The maximum absolute atomic E-state index is 11.9. The number of nitrogens with two attached hydrogens (primary N) is 1. The molecule has 6 heteroatoms. The van der Waals surface area contributed by atoms with Gasteiger partial charge in [0.2, 0.25) is 10.0 Å². The number of sulfonamides is 1. The van der Waals surface area contributed by atoms with Crippen LogP contribution in [0, 0.1) is 16.7 Å². The maximum atomic E-state index is 11.9. The molecule has 0 aliphatic rings. The van der Waals surface area contributed by atoms with Crippen molar-refractivity contribution in [2.45, 2.75) is 27.2 Å². The minimum atomic E-state index is -3.46. The van der Waals surface area contributed by atoms with Gasteiger partial charge in [0.1, 0.15) is 6.07 Å². The maximum Gasteiger partial charge on any atom is 0.232 e. The van der Waals surface area contributed by atoms with Crippen LogP contribution < -0.4 is 10.5 Å². The van der Waals surface area contributed by atoms with E-state index in [9.17, 15) is 8.42 Å². The van der Waals surface area contributed by atoms with Crippen LogP contribution >= 0.6 is 0 Å². The summed E-state index contributed by atoms with van der Waals surface area (Å²) in [7, 11) is -3.46. The SMILES string of the molecule is CC(C)(C)CCS(=O)(=O)Nc1ccc(N)cc1C#N. The Hall–Kier alpha value is -1.74. The lowest BCUT2D eigenvalue weighted by molar-refractivity contribution is 0.397. The summed E-state index contributed by atoms with van der Waals surface area (Å²) in [6.07, 6.45) is 0.541. The molecule has 0 amide bonds. The fourth-order valence-corrected chi connectivity index (χ4v) is 2.90. The average molecular weight is 281 g/mol. The molecule has 0 radical (unpaired) electrons. The molecule has 19 heavy (non-hydrogen) atoms. The number of rotatable bonds is 4. The van der Waals surface area contributed by atoms with Crippen LogP contribution in [0.4, 0.5) is 11.4 Å². The number of anilines is 2. The van der Waals surface area contributed by atoms with Crippen molar-refractivity contribution in [3.05, 3.63) is 23.8 Å². The molecule has 1 aromatic carbocycles. The van der Waals surface area contributed by atoms with Gasteiger partial charge in [0, 0.05) is 5.69 Å². The van der Waals surface area contributed by atoms with E-state index >= 15 is 0 Å². The quantitative estimate of drug-likeness (QED) is 0.828. The minimum Gasteiger partial charge on any atom is -0.399 e. The van der Waals surface area contributed by atoms with Crippen LogP contribution in [-0.4, -0.2) is 14.2 Å². The Labute approximate surface area is 114 Å². The number of hydrogen-bond donors (Lipinski definition) is 2. The third-order valence-electron chi connectivity index (χ3n) is 2.55. The topological polar surface area (TPSA) is 96.0 Å². The van der Waals surface area contributed by atoms with Gasteiger partial charge in [-0.1, -0.05) is 20.8 Å². The molecule has 0 bridgehead atoms. The smallest absolute Gasteiger partial charge is 0.232 e. The molecular formula is C13H19N3O2S. The van der Waals surface area contributed by atoms with Crippen LogP contribution in [0.25, 0.3) is 0 Å². The Bertz CT molecular complexity index is 595. The largest absolute Gasteiger partial charge is 0.399 e. The van der Waals surface area contributed by atoms with Crippen molar-refractivity contribution >= 4 is 21.4 Å². The summed E-state index contributed by atoms with van der Waals surface area (Å²) in [6, 6.07) is 6.43. The molecule has 0 fully saturated rings. The van der Waals surface area contributed by atoms with Crippen molar-refractivity contribution in [3.8, 4) is 6.07 Å². The summed E-state index contributed by atoms with van der Waals surface area (Å²) >= 11 is 0. The molecule has 5 nitrogen and oxygen atoms in total. The second-order valence-electron chi connectivity index (χ2n) is 5.65. The number of nitrogens with zero attached hydrogens (tertiary/aromatic N) is 1. The van der Waals surface area contributed by atoms with Gasteiger partial charge in [-0.25, -0.2) is 8.42 Å². The zero-order chi connectivity index (χ0) is 14.7. The molecule has 0 aromatic heterocycles. The molecule has 0 spiro atoms. The summed E-state index contributed by atoms with van der Waals surface area (Å²) in [5, 5.41) is 8.96. The van der Waals surface area contributed by atoms with Gasteiger partial charge in [-0.3, -0.25) is 4.72 Å². The Morgan fingerprint density at radius 3 is 2.53 bits per heavy atom. The predicted molar refractivity (Wildman–Crippen MR) is 77.1 cm³/mol. The molecule has 3 N–H and O–H groups in total. The molecule has 0 unspecified atom stereocenters. The minimum absolute atomic E-state index is 0.0196. The number of nitriles is 1. The highest BCUT2D eigenvalue weighted by molar-refractivity contribution is 7.92. The van der Waals surface area contributed by atoms with E-state index in [0.29, 0.717) is 12.1 Å². The normalized spacial score (nSPS) is 11.9. The van der Waals surface area contributed by atoms with Crippen LogP contribution in [0.2, 0.25) is 0 Å². The number of nitrogen functional groups attached to an aromatic ring is 1. The Morgan fingerprint density at radius 1 is 1.37 bits per heavy atom. The van der Waals surface area contributed by atoms with Crippen molar-refractivity contribution in [1.82, 2.24) is 0 Å². The number of nitrogens with one attached hydrogen (secondary N) is 1. The fraction of sp³-hybridized carbons (Fsp3) is 0.462. The fourth-order valence-electron chi connectivity index (χ4n) is 1.40. The monoisotopic (exact) mass is 281 g/mol. The van der Waals surface area contributed by atoms with Crippen molar-refractivity contribution in [3.63, 3.8) is 0 Å². The van der Waals surface area contributed by atoms with Gasteiger partial charge >= 0.3 is 0 Å². The first-order valence-corrected chi connectivity index (χ1v) is 7.58. The molecule has 0 saturated heterocycles. The zero-order valence-corrected chi connectivity index (χ0v) is 12.2. The third-order valence-corrected chi connectivity index (χ3v) is 3.82. The van der Waals surface area contributed by atoms with Crippen LogP contribution in [-0.2, 0) is 10.0 Å². The lowest BCUT2D eigenvalue weighted by atomic mass is 9.94. The molecule has 0 saturated carbocycles. The second kappa shape index (κ2) is 5.49. The van der Waals surface area contributed by atoms with Crippen LogP contribution in [0.5, 0.6) is 0 Å². The van der Waals surface area contributed by atoms with E-state index in [1.165, 1.54) is 12.1 Å². The first-order valence-electron chi connectivity index (χ1n) is 5.93. The van der Waals surface area contributed by atoms with Gasteiger partial charge in [0.05, 0.1) is 17.0 Å². The van der Waals surface area contributed by atoms with E-state index in [1.807, 2.05) is 26.8 Å². The van der Waals surface area contributed by atoms with E-state index in [2.05, 4.69) is 4.72 Å². The molecule has 1 rings (SSSR count). The predicted octanol–water partition coefficient (Wildman–Crippen LogP) is 2.32. The van der Waals surface area contributed by atoms with Crippen LogP contribution in [0.1, 0.15) is 32.8 Å². The van der Waals surface area contributed by atoms with Crippen molar-refractivity contribution in [2.75, 3.05) is 16.2 Å². The standard InChI is InChI=1S/C13H19N3O2S/c1-13(2,3)6-7-19(17,18)16-12-5-4-11(15)8-10(12)9-14/h4-5,8,16H,6-7,15H2,1-3H3. The van der Waals surface area contributed by atoms with E-state index < -0.39 is 10.0 Å². The van der Waals surface area contributed by atoms with Crippen molar-refractivity contribution in [1.29, 1.82) is 5.26 Å². The van der Waals surface area contributed by atoms with E-state index in [4.69, 9.17) is 11.0 Å². The second-order valence-corrected chi connectivity index (χ2v) is 7.49. The van der Waals surface area contributed by atoms with Gasteiger partial charge < -0.3 is 5.73 Å². The molecule has 0 aliphatic carbocycles. The van der Waals surface area contributed by atoms with Crippen molar-refractivity contribution < 1.29 is 8.42 Å². The van der Waals surface area contributed by atoms with Crippen molar-refractivity contribution in [2.24, 2.45) is 5.41 Å². The van der Waals surface area contributed by atoms with Gasteiger partial charge in [0.25, 0.3) is 0 Å². The summed E-state index contributed by atoms with van der Waals surface area (Å²) in [5.41, 5.74) is 6.41. The molecule has 104 valence electrons. The number of benzene rings is 1. The lowest BCUT2D eigenvalue weighted by Crippen LogP contribution is -2.21. The Morgan fingerprint density at radius 2 is 2.00 bits per heavy atom. The Kier molecular flexibility index (Phi) is 4.43. The molecule has 0 aliphatic heterocycles. The zero-order valence-electron chi connectivity index (χ0n) is 11.4. The highest BCUT2D eigenvalue weighted by Crippen LogP contribution is 2.22. The Balaban J connectivity index is 2.88. The van der Waals surface area contributed by atoms with Gasteiger partial charge in [-0.05, 0) is 30.0 Å². The average Bonchev–Trinajstić information content (AvgIpc) is 2.28. The van der Waals surface area contributed by atoms with E-state index in [1.54, 1.807) is 6.07 Å². The van der Waals surface area contributed by atoms with Gasteiger partial charge in [0.15, 0.2) is 0 Å². The third kappa shape index (κ3) is 5.18. The summed E-state index contributed by atoms with van der Waals surface area (Å²) in [4.78, 5) is 0. The number of hydrogen-bond acceptors (Lipinski definition) is 4. The van der Waals surface area contributed by atoms with Gasteiger partial charge in [-0.2, -0.15) is 5.26 Å². The highest BCUT2D eigenvalue weighted by atomic mass is 32.2. The first-order chi connectivity index (χ1) is 8.63. The first kappa shape index (κ1) is 15.3. The van der Waals surface area contributed by atoms with E-state index in [-0.39, 0.29) is 22.4 Å². The molecular weight excluding hydrogens is 262 g/mol. The molecule has 0 heterocycles. The lowest BCUT2D eigenvalue weighted by Gasteiger charge is -2.18. The van der Waals surface area contributed by atoms with Crippen LogP contribution in [0.3, 0.4) is 0 Å². The highest BCUT2D eigenvalue weighted by Gasteiger charge is 2.18.